The van der Waals surface area contributed by atoms with Crippen molar-refractivity contribution >= 4 is 5.91 Å². The molecule has 0 aromatic carbocycles. The Morgan fingerprint density at radius 2 is 1.80 bits per heavy atom. The van der Waals surface area contributed by atoms with Crippen LogP contribution in [0.1, 0.15) is 20.3 Å². The Labute approximate surface area is 86.2 Å². The zero-order valence-corrected chi connectivity index (χ0v) is 8.67. The zero-order valence-electron chi connectivity index (χ0n) is 8.67. The van der Waals surface area contributed by atoms with E-state index in [1.54, 1.807) is 13.8 Å². The highest BCUT2D eigenvalue weighted by Crippen LogP contribution is 2.22. The number of morpholine rings is 1. The normalized spacial score (nSPS) is 27.9. The lowest BCUT2D eigenvalue weighted by Crippen LogP contribution is -2.49. The van der Waals surface area contributed by atoms with Crippen molar-refractivity contribution in [2.45, 2.75) is 38.7 Å². The first-order valence-corrected chi connectivity index (χ1v) is 4.78. The Morgan fingerprint density at radius 1 is 1.33 bits per heavy atom. The molecule has 0 unspecified atom stereocenters. The van der Waals surface area contributed by atoms with Gasteiger partial charge in [-0.3, -0.25) is 4.79 Å². The zero-order chi connectivity index (χ0) is 11.6. The van der Waals surface area contributed by atoms with Crippen molar-refractivity contribution in [3.8, 4) is 0 Å². The third-order valence-corrected chi connectivity index (χ3v) is 2.12. The summed E-state index contributed by atoms with van der Waals surface area (Å²) in [6.07, 6.45) is -6.22. The summed E-state index contributed by atoms with van der Waals surface area (Å²) in [6, 6.07) is 0. The van der Waals surface area contributed by atoms with Gasteiger partial charge in [-0.25, -0.2) is 0 Å². The van der Waals surface area contributed by atoms with Gasteiger partial charge >= 0.3 is 6.18 Å². The van der Waals surface area contributed by atoms with E-state index in [4.69, 9.17) is 4.74 Å². The van der Waals surface area contributed by atoms with Crippen LogP contribution in [0.5, 0.6) is 0 Å². The second-order valence-corrected chi connectivity index (χ2v) is 3.85. The van der Waals surface area contributed by atoms with Crippen molar-refractivity contribution in [1.29, 1.82) is 0 Å². The minimum absolute atomic E-state index is 0.203. The summed E-state index contributed by atoms with van der Waals surface area (Å²) >= 11 is 0. The number of carbonyl (C=O) groups is 1. The monoisotopic (exact) mass is 225 g/mol. The number of amides is 1. The molecule has 0 N–H and O–H groups in total. The molecule has 0 spiro atoms. The lowest BCUT2D eigenvalue weighted by molar-refractivity contribution is -0.168. The quantitative estimate of drug-likeness (QED) is 0.678. The summed E-state index contributed by atoms with van der Waals surface area (Å²) < 4.78 is 41.3. The third kappa shape index (κ3) is 4.07. The predicted molar refractivity (Wildman–Crippen MR) is 47.3 cm³/mol. The Balaban J connectivity index is 2.52. The maximum atomic E-state index is 12.0. The Bertz CT molecular complexity index is 232. The van der Waals surface area contributed by atoms with E-state index in [2.05, 4.69) is 0 Å². The van der Waals surface area contributed by atoms with Crippen LogP contribution in [0, 0.1) is 0 Å². The molecule has 15 heavy (non-hydrogen) atoms. The fourth-order valence-corrected chi connectivity index (χ4v) is 1.66. The van der Waals surface area contributed by atoms with Gasteiger partial charge in [0.2, 0.25) is 5.91 Å². The van der Waals surface area contributed by atoms with Gasteiger partial charge < -0.3 is 9.64 Å². The molecular formula is C9H14F3NO2. The maximum Gasteiger partial charge on any atom is 0.397 e. The van der Waals surface area contributed by atoms with Crippen molar-refractivity contribution in [1.82, 2.24) is 4.90 Å². The largest absolute Gasteiger partial charge is 0.397 e. The summed E-state index contributed by atoms with van der Waals surface area (Å²) in [5, 5.41) is 0. The average Bonchev–Trinajstić information content (AvgIpc) is 1.98. The van der Waals surface area contributed by atoms with Crippen LogP contribution in [0.2, 0.25) is 0 Å². The molecule has 0 saturated carbocycles. The van der Waals surface area contributed by atoms with Crippen LogP contribution in [0.25, 0.3) is 0 Å². The van der Waals surface area contributed by atoms with Gasteiger partial charge in [0, 0.05) is 13.1 Å². The van der Waals surface area contributed by atoms with Gasteiger partial charge in [0.05, 0.1) is 12.2 Å². The number of hydrogen-bond donors (Lipinski definition) is 0. The summed E-state index contributed by atoms with van der Waals surface area (Å²) in [6.45, 7) is 3.95. The second kappa shape index (κ2) is 4.38. The van der Waals surface area contributed by atoms with Gasteiger partial charge in [0.1, 0.15) is 6.42 Å². The van der Waals surface area contributed by atoms with Crippen LogP contribution in [0.4, 0.5) is 13.2 Å². The van der Waals surface area contributed by atoms with Gasteiger partial charge in [-0.05, 0) is 13.8 Å². The molecule has 6 heteroatoms. The number of carbonyl (C=O) groups excluding carboxylic acids is 1. The highest BCUT2D eigenvalue weighted by molar-refractivity contribution is 5.77. The molecule has 1 rings (SSSR count). The van der Waals surface area contributed by atoms with Crippen LogP contribution in [0.3, 0.4) is 0 Å². The highest BCUT2D eigenvalue weighted by Gasteiger charge is 2.35. The summed E-state index contributed by atoms with van der Waals surface area (Å²) in [7, 11) is 0. The van der Waals surface area contributed by atoms with E-state index in [9.17, 15) is 18.0 Å². The molecule has 0 aliphatic carbocycles. The molecule has 3 nitrogen and oxygen atoms in total. The molecule has 1 heterocycles. The van der Waals surface area contributed by atoms with Gasteiger partial charge in [-0.2, -0.15) is 13.2 Å². The van der Waals surface area contributed by atoms with Gasteiger partial charge in [-0.1, -0.05) is 0 Å². The first-order chi connectivity index (χ1) is 6.78. The first-order valence-electron chi connectivity index (χ1n) is 4.78. The fraction of sp³-hybridized carbons (Fsp3) is 0.889. The number of rotatable bonds is 1. The van der Waals surface area contributed by atoms with Crippen LogP contribution in [-0.2, 0) is 9.53 Å². The van der Waals surface area contributed by atoms with E-state index in [1.807, 2.05) is 0 Å². The van der Waals surface area contributed by atoms with Crippen molar-refractivity contribution in [2.24, 2.45) is 0 Å². The number of hydrogen-bond acceptors (Lipinski definition) is 2. The van der Waals surface area contributed by atoms with Crippen molar-refractivity contribution < 1.29 is 22.7 Å². The molecule has 1 saturated heterocycles. The third-order valence-electron chi connectivity index (χ3n) is 2.12. The minimum Gasteiger partial charge on any atom is -0.372 e. The highest BCUT2D eigenvalue weighted by atomic mass is 19.4. The molecule has 1 fully saturated rings. The van der Waals surface area contributed by atoms with E-state index >= 15 is 0 Å². The fourth-order valence-electron chi connectivity index (χ4n) is 1.66. The van der Waals surface area contributed by atoms with E-state index in [0.717, 1.165) is 0 Å². The summed E-state index contributed by atoms with van der Waals surface area (Å²) in [5.41, 5.74) is 0. The molecular weight excluding hydrogens is 211 g/mol. The SMILES string of the molecule is C[C@@H]1CN(C(=O)CC(F)(F)F)C[C@@H](C)O1. The molecule has 1 aliphatic heterocycles. The smallest absolute Gasteiger partial charge is 0.372 e. The Hall–Kier alpha value is -0.780. The lowest BCUT2D eigenvalue weighted by atomic mass is 10.2. The molecule has 0 radical (unpaired) electrons. The summed E-state index contributed by atoms with van der Waals surface area (Å²) in [5.74, 6) is -0.871. The van der Waals surface area contributed by atoms with Crippen LogP contribution in [-0.4, -0.2) is 42.3 Å². The minimum atomic E-state index is -4.43. The molecule has 1 aliphatic rings. The van der Waals surface area contributed by atoms with Gasteiger partial charge in [-0.15, -0.1) is 0 Å². The van der Waals surface area contributed by atoms with E-state index in [0.29, 0.717) is 0 Å². The molecule has 0 aromatic heterocycles. The maximum absolute atomic E-state index is 12.0. The van der Waals surface area contributed by atoms with Crippen LogP contribution >= 0.6 is 0 Å². The van der Waals surface area contributed by atoms with Crippen molar-refractivity contribution in [3.05, 3.63) is 0 Å². The molecule has 1 amide bonds. The predicted octanol–water partition coefficient (Wildman–Crippen LogP) is 1.57. The average molecular weight is 225 g/mol. The molecule has 0 aromatic rings. The van der Waals surface area contributed by atoms with Crippen LogP contribution < -0.4 is 0 Å². The standard InChI is InChI=1S/C9H14F3NO2/c1-6-4-13(5-7(2)15-6)8(14)3-9(10,11)12/h6-7H,3-5H2,1-2H3/t6-,7-/m1/s1. The number of halogens is 3. The Kier molecular flexibility index (Phi) is 3.59. The molecule has 88 valence electrons. The number of ether oxygens (including phenoxy) is 1. The van der Waals surface area contributed by atoms with E-state index in [1.165, 1.54) is 4.90 Å². The first kappa shape index (κ1) is 12.3. The second-order valence-electron chi connectivity index (χ2n) is 3.85. The number of alkyl halides is 3. The number of nitrogens with zero attached hydrogens (tertiary/aromatic N) is 1. The molecule has 0 bridgehead atoms. The molecule has 2 atom stereocenters. The summed E-state index contributed by atoms with van der Waals surface area (Å²) in [4.78, 5) is 12.5. The van der Waals surface area contributed by atoms with Gasteiger partial charge in [0.25, 0.3) is 0 Å². The topological polar surface area (TPSA) is 29.5 Å². The lowest BCUT2D eigenvalue weighted by Gasteiger charge is -2.35. The Morgan fingerprint density at radius 3 is 2.20 bits per heavy atom. The van der Waals surface area contributed by atoms with E-state index in [-0.39, 0.29) is 25.3 Å². The van der Waals surface area contributed by atoms with Crippen molar-refractivity contribution in [3.63, 3.8) is 0 Å². The van der Waals surface area contributed by atoms with Gasteiger partial charge in [0.15, 0.2) is 0 Å². The van der Waals surface area contributed by atoms with Crippen molar-refractivity contribution in [2.75, 3.05) is 13.1 Å². The van der Waals surface area contributed by atoms with E-state index < -0.39 is 18.5 Å². The van der Waals surface area contributed by atoms with Crippen LogP contribution in [0.15, 0.2) is 0 Å².